The van der Waals surface area contributed by atoms with Gasteiger partial charge in [-0.15, -0.1) is 0 Å². The molecule has 346 valence electrons. The second-order valence-corrected chi connectivity index (χ2v) is 14.0. The molecule has 0 unspecified atom stereocenters. The van der Waals surface area contributed by atoms with Gasteiger partial charge < -0.3 is 54.8 Å². The van der Waals surface area contributed by atoms with E-state index in [0.29, 0.717) is 39.3 Å². The zero-order chi connectivity index (χ0) is 44.2. The molecular weight excluding hydrogens is 786 g/mol. The maximum absolute atomic E-state index is 12.3. The summed E-state index contributed by atoms with van der Waals surface area (Å²) in [6.45, 7) is 4.82. The Bertz CT molecular complexity index is 1190. The van der Waals surface area contributed by atoms with Crippen LogP contribution in [0, 0.1) is 0 Å². The number of nitrogens with zero attached hydrogens (tertiary/aromatic N) is 3. The first-order chi connectivity index (χ1) is 29.1. The van der Waals surface area contributed by atoms with Gasteiger partial charge in [-0.2, -0.15) is 0 Å². The summed E-state index contributed by atoms with van der Waals surface area (Å²) in [5.74, 6) is -2.53. The number of rotatable bonds is 45. The van der Waals surface area contributed by atoms with Gasteiger partial charge in [-0.05, 0) is 31.7 Å². The topological polar surface area (TPSA) is 275 Å². The molecule has 0 radical (unpaired) electrons. The predicted octanol–water partition coefficient (Wildman–Crippen LogP) is 3.14. The number of aliphatic carboxylic acids is 1. The molecule has 0 aliphatic heterocycles. The van der Waals surface area contributed by atoms with Crippen LogP contribution in [-0.2, 0) is 57.2 Å². The third-order valence-electron chi connectivity index (χ3n) is 8.61. The molecule has 0 spiro atoms. The van der Waals surface area contributed by atoms with E-state index in [1.165, 1.54) is 51.9 Å². The van der Waals surface area contributed by atoms with Crippen LogP contribution in [0.4, 0.5) is 0 Å². The highest BCUT2D eigenvalue weighted by molar-refractivity contribution is 5.84. The van der Waals surface area contributed by atoms with Crippen molar-refractivity contribution in [3.05, 3.63) is 10.4 Å². The van der Waals surface area contributed by atoms with Crippen molar-refractivity contribution in [2.45, 2.75) is 116 Å². The van der Waals surface area contributed by atoms with Crippen LogP contribution in [0.2, 0.25) is 0 Å². The number of carbonyl (C=O) groups is 6. The predicted molar refractivity (Wildman–Crippen MR) is 222 cm³/mol. The minimum Gasteiger partial charge on any atom is -0.480 e. The summed E-state index contributed by atoms with van der Waals surface area (Å²) < 4.78 is 31.6. The molecule has 0 saturated heterocycles. The zero-order valence-corrected chi connectivity index (χ0v) is 35.9. The number of hydrogen-bond donors (Lipinski definition) is 5. The molecule has 0 bridgehead atoms. The first-order valence-corrected chi connectivity index (χ1v) is 21.4. The lowest BCUT2D eigenvalue weighted by Gasteiger charge is -2.14. The highest BCUT2D eigenvalue weighted by atomic mass is 16.5. The van der Waals surface area contributed by atoms with Gasteiger partial charge in [-0.25, -0.2) is 4.79 Å². The molecule has 20 heteroatoms. The average molecular weight is 860 g/mol. The highest BCUT2D eigenvalue weighted by Gasteiger charge is 2.20. The Balaban J connectivity index is 3.63. The van der Waals surface area contributed by atoms with Gasteiger partial charge in [-0.3, -0.25) is 24.0 Å². The van der Waals surface area contributed by atoms with E-state index in [9.17, 15) is 33.9 Å². The smallest absolute Gasteiger partial charge is 0.326 e. The minimum absolute atomic E-state index is 0.0244. The summed E-state index contributed by atoms with van der Waals surface area (Å²) in [6.07, 6.45) is 14.5. The molecule has 0 aromatic carbocycles. The van der Waals surface area contributed by atoms with Crippen LogP contribution in [0.3, 0.4) is 0 Å². The van der Waals surface area contributed by atoms with E-state index in [4.69, 9.17) is 34.0 Å². The lowest BCUT2D eigenvalue weighted by Crippen LogP contribution is -2.41. The lowest BCUT2D eigenvalue weighted by molar-refractivity contribution is -0.142. The van der Waals surface area contributed by atoms with Gasteiger partial charge >= 0.3 is 5.97 Å². The second-order valence-electron chi connectivity index (χ2n) is 14.0. The van der Waals surface area contributed by atoms with Crippen LogP contribution in [0.1, 0.15) is 110 Å². The van der Waals surface area contributed by atoms with E-state index in [-0.39, 0.29) is 121 Å². The maximum Gasteiger partial charge on any atom is 0.326 e. The van der Waals surface area contributed by atoms with Crippen molar-refractivity contribution in [2.75, 3.05) is 105 Å². The average Bonchev–Trinajstić information content (AvgIpc) is 3.21. The summed E-state index contributed by atoms with van der Waals surface area (Å²) >= 11 is 0. The first-order valence-electron chi connectivity index (χ1n) is 21.4. The van der Waals surface area contributed by atoms with Gasteiger partial charge in [0.15, 0.2) is 5.78 Å². The Kier molecular flexibility index (Phi) is 40.4. The van der Waals surface area contributed by atoms with Crippen molar-refractivity contribution in [1.29, 1.82) is 0 Å². The standard InChI is InChI=1S/C40H73N7O13/c1-34(48)31-58-28-25-56-23-20-43-38(51)33-60-30-27-57-24-21-44-39(52)32-59-29-26-55-22-19-42-36(49)17-16-35(40(53)54)46-37(50)15-13-11-9-7-5-3-2-4-6-8-10-12-14-18-45-47-41/h35H,2-33H2,1H3,(H,42,49)(H,43,51)(H,44,52)(H,46,50)(H,53,54)/t35-/m1/s1. The number of carboxylic acids is 1. The number of ether oxygens (including phenoxy) is 6. The van der Waals surface area contributed by atoms with Crippen molar-refractivity contribution < 1.29 is 62.3 Å². The number of ketones is 1. The summed E-state index contributed by atoms with van der Waals surface area (Å²) in [6, 6.07) is -1.14. The number of carboxylic acid groups (broad SMARTS) is 1. The van der Waals surface area contributed by atoms with Crippen LogP contribution in [-0.4, -0.2) is 152 Å². The first kappa shape index (κ1) is 56.1. The van der Waals surface area contributed by atoms with Crippen LogP contribution >= 0.6 is 0 Å². The number of hydrogen-bond acceptors (Lipinski definition) is 13. The fourth-order valence-corrected chi connectivity index (χ4v) is 5.44. The normalized spacial score (nSPS) is 11.3. The molecule has 0 aromatic heterocycles. The van der Waals surface area contributed by atoms with Crippen molar-refractivity contribution in [2.24, 2.45) is 5.11 Å². The largest absolute Gasteiger partial charge is 0.480 e. The monoisotopic (exact) mass is 860 g/mol. The number of azide groups is 1. The molecule has 0 saturated carbocycles. The minimum atomic E-state index is -1.18. The molecule has 5 N–H and O–H groups in total. The van der Waals surface area contributed by atoms with Crippen molar-refractivity contribution in [3.8, 4) is 0 Å². The Morgan fingerprint density at radius 3 is 1.35 bits per heavy atom. The summed E-state index contributed by atoms with van der Waals surface area (Å²) in [7, 11) is 0. The van der Waals surface area contributed by atoms with E-state index in [1.54, 1.807) is 0 Å². The summed E-state index contributed by atoms with van der Waals surface area (Å²) in [5, 5.41) is 23.5. The van der Waals surface area contributed by atoms with E-state index < -0.39 is 12.0 Å². The van der Waals surface area contributed by atoms with Gasteiger partial charge in [-0.1, -0.05) is 75.7 Å². The maximum atomic E-state index is 12.3. The van der Waals surface area contributed by atoms with Gasteiger partial charge in [0.25, 0.3) is 0 Å². The van der Waals surface area contributed by atoms with E-state index in [1.807, 2.05) is 0 Å². The molecule has 0 aliphatic carbocycles. The third kappa shape index (κ3) is 42.2. The number of amides is 4. The molecule has 0 aromatic rings. The number of nitrogens with one attached hydrogen (secondary N) is 4. The second kappa shape index (κ2) is 43.2. The number of Topliss-reactive ketones (excluding diaryl/α,β-unsaturated/α-hetero) is 1. The van der Waals surface area contributed by atoms with Gasteiger partial charge in [0.1, 0.15) is 25.9 Å². The van der Waals surface area contributed by atoms with E-state index >= 15 is 0 Å². The summed E-state index contributed by atoms with van der Waals surface area (Å²) in [5.41, 5.74) is 8.26. The molecule has 0 heterocycles. The van der Waals surface area contributed by atoms with Crippen LogP contribution < -0.4 is 21.3 Å². The fourth-order valence-electron chi connectivity index (χ4n) is 5.44. The Labute approximate surface area is 355 Å². The zero-order valence-electron chi connectivity index (χ0n) is 35.9. The molecule has 0 aliphatic rings. The molecule has 4 amide bonds. The number of carbonyl (C=O) groups excluding carboxylic acids is 5. The molecule has 20 nitrogen and oxygen atoms in total. The van der Waals surface area contributed by atoms with Gasteiger partial charge in [0, 0.05) is 43.9 Å². The Morgan fingerprint density at radius 2 is 0.917 bits per heavy atom. The quantitative estimate of drug-likeness (QED) is 0.0255. The van der Waals surface area contributed by atoms with Gasteiger partial charge in [0.2, 0.25) is 23.6 Å². The molecule has 60 heavy (non-hydrogen) atoms. The molecular formula is C40H73N7O13. The van der Waals surface area contributed by atoms with Crippen molar-refractivity contribution in [3.63, 3.8) is 0 Å². The molecule has 0 rings (SSSR count). The summed E-state index contributed by atoms with van der Waals surface area (Å²) in [4.78, 5) is 73.3. The fraction of sp³-hybridized carbons (Fsp3) is 0.850. The van der Waals surface area contributed by atoms with Crippen LogP contribution in [0.5, 0.6) is 0 Å². The Morgan fingerprint density at radius 1 is 0.517 bits per heavy atom. The van der Waals surface area contributed by atoms with E-state index in [2.05, 4.69) is 31.3 Å². The van der Waals surface area contributed by atoms with Crippen molar-refractivity contribution in [1.82, 2.24) is 21.3 Å². The molecule has 0 fully saturated rings. The van der Waals surface area contributed by atoms with Crippen molar-refractivity contribution >= 4 is 35.4 Å². The third-order valence-corrected chi connectivity index (χ3v) is 8.61. The Hall–Kier alpha value is -3.91. The number of unbranched alkanes of at least 4 members (excludes halogenated alkanes) is 12. The molecule has 1 atom stereocenters. The lowest BCUT2D eigenvalue weighted by atomic mass is 10.0. The SMILES string of the molecule is CC(=O)COCCOCCNC(=O)COCCOCCNC(=O)COCCOCCNC(=O)CC[C@@H](NC(=O)CCCCCCCCCCCCCCCN=[N+]=[N-])C(=O)O. The van der Waals surface area contributed by atoms with Gasteiger partial charge in [0.05, 0.1) is 59.5 Å². The van der Waals surface area contributed by atoms with E-state index in [0.717, 1.165) is 32.1 Å². The highest BCUT2D eigenvalue weighted by Crippen LogP contribution is 2.13. The van der Waals surface area contributed by atoms with Crippen LogP contribution in [0.15, 0.2) is 5.11 Å². The van der Waals surface area contributed by atoms with Crippen LogP contribution in [0.25, 0.3) is 10.4 Å².